The van der Waals surface area contributed by atoms with Crippen molar-refractivity contribution in [3.63, 3.8) is 0 Å². The third-order valence-corrected chi connectivity index (χ3v) is 3.81. The van der Waals surface area contributed by atoms with Gasteiger partial charge in [-0.1, -0.05) is 18.2 Å². The predicted molar refractivity (Wildman–Crippen MR) is 85.4 cm³/mol. The summed E-state index contributed by atoms with van der Waals surface area (Å²) in [6.07, 6.45) is 0. The first-order valence-corrected chi connectivity index (χ1v) is 6.96. The van der Waals surface area contributed by atoms with Gasteiger partial charge in [-0.15, -0.1) is 0 Å². The monoisotopic (exact) mass is 269 g/mol. The molecular weight excluding hydrogens is 246 g/mol. The molecule has 20 heavy (non-hydrogen) atoms. The van der Waals surface area contributed by atoms with E-state index in [0.717, 1.165) is 12.3 Å². The zero-order valence-corrected chi connectivity index (χ0v) is 13.0. The van der Waals surface area contributed by atoms with Crippen LogP contribution in [0.4, 0.5) is 0 Å². The quantitative estimate of drug-likeness (QED) is 0.905. The lowest BCUT2D eigenvalue weighted by molar-refractivity contribution is 0.414. The molecule has 106 valence electrons. The zero-order chi connectivity index (χ0) is 14.7. The number of ether oxygens (including phenoxy) is 1. The van der Waals surface area contributed by atoms with E-state index < -0.39 is 0 Å². The van der Waals surface area contributed by atoms with Crippen LogP contribution in [0.25, 0.3) is 11.1 Å². The van der Waals surface area contributed by atoms with E-state index in [9.17, 15) is 0 Å². The minimum atomic E-state index is 0.832. The summed E-state index contributed by atoms with van der Waals surface area (Å²) in [5.74, 6) is 0.903. The number of methoxy groups -OCH3 is 1. The fourth-order valence-electron chi connectivity index (χ4n) is 2.55. The van der Waals surface area contributed by atoms with Gasteiger partial charge in [0.1, 0.15) is 5.75 Å². The van der Waals surface area contributed by atoms with Gasteiger partial charge < -0.3 is 10.1 Å². The van der Waals surface area contributed by atoms with E-state index in [1.54, 1.807) is 7.11 Å². The smallest absolute Gasteiger partial charge is 0.119 e. The van der Waals surface area contributed by atoms with Crippen LogP contribution >= 0.6 is 0 Å². The van der Waals surface area contributed by atoms with Crippen molar-refractivity contribution >= 4 is 0 Å². The van der Waals surface area contributed by atoms with Crippen LogP contribution in [-0.2, 0) is 6.54 Å². The van der Waals surface area contributed by atoms with E-state index in [1.165, 1.54) is 33.4 Å². The lowest BCUT2D eigenvalue weighted by Gasteiger charge is -2.15. The molecule has 0 spiro atoms. The Morgan fingerprint density at radius 2 is 1.60 bits per heavy atom. The summed E-state index contributed by atoms with van der Waals surface area (Å²) in [6.45, 7) is 7.34. The first-order chi connectivity index (χ1) is 9.56. The molecule has 0 heterocycles. The third-order valence-electron chi connectivity index (χ3n) is 3.81. The van der Waals surface area contributed by atoms with Crippen molar-refractivity contribution in [2.75, 3.05) is 14.2 Å². The van der Waals surface area contributed by atoms with Crippen molar-refractivity contribution in [2.24, 2.45) is 0 Å². The SMILES string of the molecule is CNCc1cc(OC)ccc1-c1cc(C)c(C)cc1C. The fraction of sp³-hybridized carbons (Fsp3) is 0.333. The van der Waals surface area contributed by atoms with Crippen LogP contribution in [-0.4, -0.2) is 14.2 Å². The summed E-state index contributed by atoms with van der Waals surface area (Å²) >= 11 is 0. The van der Waals surface area contributed by atoms with Crippen LogP contribution in [0.15, 0.2) is 30.3 Å². The van der Waals surface area contributed by atoms with Crippen LogP contribution in [0, 0.1) is 20.8 Å². The Morgan fingerprint density at radius 1 is 0.900 bits per heavy atom. The molecule has 0 bridgehead atoms. The Kier molecular flexibility index (Phi) is 4.46. The number of nitrogens with one attached hydrogen (secondary N) is 1. The van der Waals surface area contributed by atoms with Crippen molar-refractivity contribution in [2.45, 2.75) is 27.3 Å². The van der Waals surface area contributed by atoms with Crippen LogP contribution < -0.4 is 10.1 Å². The highest BCUT2D eigenvalue weighted by molar-refractivity contribution is 5.72. The van der Waals surface area contributed by atoms with Crippen molar-refractivity contribution < 1.29 is 4.74 Å². The van der Waals surface area contributed by atoms with E-state index >= 15 is 0 Å². The van der Waals surface area contributed by atoms with E-state index in [2.05, 4.69) is 50.4 Å². The number of benzene rings is 2. The minimum absolute atomic E-state index is 0.832. The first kappa shape index (κ1) is 14.6. The largest absolute Gasteiger partial charge is 0.497 e. The molecular formula is C18H23NO. The molecule has 0 saturated carbocycles. The summed E-state index contributed by atoms with van der Waals surface area (Å²) in [5, 5.41) is 3.24. The van der Waals surface area contributed by atoms with Gasteiger partial charge in [0.25, 0.3) is 0 Å². The predicted octanol–water partition coefficient (Wildman–Crippen LogP) is 4.01. The minimum Gasteiger partial charge on any atom is -0.497 e. The Balaban J connectivity index is 2.59. The molecule has 0 aliphatic carbocycles. The van der Waals surface area contributed by atoms with Crippen molar-refractivity contribution in [3.05, 3.63) is 52.6 Å². The molecule has 0 radical (unpaired) electrons. The molecule has 0 aromatic heterocycles. The summed E-state index contributed by atoms with van der Waals surface area (Å²) in [6, 6.07) is 10.8. The molecule has 0 unspecified atom stereocenters. The maximum absolute atomic E-state index is 5.34. The number of aryl methyl sites for hydroxylation is 3. The molecule has 0 fully saturated rings. The van der Waals surface area contributed by atoms with Gasteiger partial charge >= 0.3 is 0 Å². The normalized spacial score (nSPS) is 10.7. The lowest BCUT2D eigenvalue weighted by Crippen LogP contribution is -2.07. The average molecular weight is 269 g/mol. The van der Waals surface area contributed by atoms with E-state index in [4.69, 9.17) is 4.74 Å². The molecule has 0 amide bonds. The van der Waals surface area contributed by atoms with E-state index in [-0.39, 0.29) is 0 Å². The van der Waals surface area contributed by atoms with Crippen LogP contribution in [0.5, 0.6) is 5.75 Å². The van der Waals surface area contributed by atoms with Gasteiger partial charge in [-0.2, -0.15) is 0 Å². The molecule has 2 rings (SSSR count). The van der Waals surface area contributed by atoms with Crippen LogP contribution in [0.1, 0.15) is 22.3 Å². The van der Waals surface area contributed by atoms with Gasteiger partial charge in [-0.05, 0) is 73.3 Å². The first-order valence-electron chi connectivity index (χ1n) is 6.96. The highest BCUT2D eigenvalue weighted by Gasteiger charge is 2.10. The zero-order valence-electron chi connectivity index (χ0n) is 13.0. The van der Waals surface area contributed by atoms with Gasteiger partial charge in [0.15, 0.2) is 0 Å². The Labute approximate surface area is 121 Å². The summed E-state index contributed by atoms with van der Waals surface area (Å²) < 4.78 is 5.34. The van der Waals surface area contributed by atoms with Crippen molar-refractivity contribution in [1.82, 2.24) is 5.32 Å². The van der Waals surface area contributed by atoms with Gasteiger partial charge in [0, 0.05) is 6.54 Å². The molecule has 2 aromatic carbocycles. The lowest BCUT2D eigenvalue weighted by atomic mass is 9.92. The molecule has 0 aliphatic rings. The molecule has 2 aromatic rings. The van der Waals surface area contributed by atoms with Crippen molar-refractivity contribution in [3.8, 4) is 16.9 Å². The van der Waals surface area contributed by atoms with Gasteiger partial charge in [0.05, 0.1) is 7.11 Å². The summed E-state index contributed by atoms with van der Waals surface area (Å²) in [5.41, 5.74) is 7.84. The molecule has 0 aliphatic heterocycles. The second kappa shape index (κ2) is 6.10. The van der Waals surface area contributed by atoms with Gasteiger partial charge in [0.2, 0.25) is 0 Å². The molecule has 0 atom stereocenters. The standard InChI is InChI=1S/C18H23NO/c1-12-8-14(3)18(9-13(12)2)17-7-6-16(20-5)10-15(17)11-19-4/h6-10,19H,11H2,1-5H3. The molecule has 2 nitrogen and oxygen atoms in total. The molecule has 0 saturated heterocycles. The van der Waals surface area contributed by atoms with Crippen molar-refractivity contribution in [1.29, 1.82) is 0 Å². The Bertz CT molecular complexity index is 617. The van der Waals surface area contributed by atoms with Gasteiger partial charge in [-0.25, -0.2) is 0 Å². The van der Waals surface area contributed by atoms with Crippen LogP contribution in [0.3, 0.4) is 0 Å². The third kappa shape index (κ3) is 2.86. The highest BCUT2D eigenvalue weighted by atomic mass is 16.5. The van der Waals surface area contributed by atoms with Gasteiger partial charge in [-0.3, -0.25) is 0 Å². The second-order valence-corrected chi connectivity index (χ2v) is 5.30. The number of hydrogen-bond acceptors (Lipinski definition) is 2. The fourth-order valence-corrected chi connectivity index (χ4v) is 2.55. The van der Waals surface area contributed by atoms with E-state index in [1.807, 2.05) is 13.1 Å². The molecule has 1 N–H and O–H groups in total. The summed E-state index contributed by atoms with van der Waals surface area (Å²) in [4.78, 5) is 0. The van der Waals surface area contributed by atoms with E-state index in [0.29, 0.717) is 0 Å². The Morgan fingerprint density at radius 3 is 2.25 bits per heavy atom. The summed E-state index contributed by atoms with van der Waals surface area (Å²) in [7, 11) is 3.68. The second-order valence-electron chi connectivity index (χ2n) is 5.30. The Hall–Kier alpha value is -1.80. The topological polar surface area (TPSA) is 21.3 Å². The number of hydrogen-bond donors (Lipinski definition) is 1. The highest BCUT2D eigenvalue weighted by Crippen LogP contribution is 2.31. The number of rotatable bonds is 4. The maximum Gasteiger partial charge on any atom is 0.119 e. The maximum atomic E-state index is 5.34. The molecule has 2 heteroatoms. The van der Waals surface area contributed by atoms with Crippen LogP contribution in [0.2, 0.25) is 0 Å². The average Bonchev–Trinajstić information content (AvgIpc) is 2.43.